The molecule has 2 heterocycles. The van der Waals surface area contributed by atoms with Crippen LogP contribution in [-0.4, -0.2) is 82.0 Å². The first-order chi connectivity index (χ1) is 15.5. The van der Waals surface area contributed by atoms with Crippen molar-refractivity contribution in [1.82, 2.24) is 14.7 Å². The van der Waals surface area contributed by atoms with Gasteiger partial charge in [-0.2, -0.15) is 10.5 Å². The van der Waals surface area contributed by atoms with Crippen LogP contribution >= 0.6 is 0 Å². The number of hydrogen-bond acceptors (Lipinski definition) is 6. The van der Waals surface area contributed by atoms with Crippen LogP contribution in [-0.2, 0) is 9.59 Å². The fourth-order valence-corrected chi connectivity index (χ4v) is 6.72. The van der Waals surface area contributed by atoms with Gasteiger partial charge in [-0.05, 0) is 56.8 Å². The van der Waals surface area contributed by atoms with Crippen LogP contribution in [0.3, 0.4) is 0 Å². The van der Waals surface area contributed by atoms with E-state index in [1.807, 2.05) is 4.90 Å². The van der Waals surface area contributed by atoms with Crippen molar-refractivity contribution < 1.29 is 14.7 Å². The molecular weight excluding hydrogens is 406 g/mol. The third-order valence-electron chi connectivity index (χ3n) is 8.29. The van der Waals surface area contributed by atoms with Crippen LogP contribution in [0.15, 0.2) is 0 Å². The van der Waals surface area contributed by atoms with Gasteiger partial charge in [-0.3, -0.25) is 14.5 Å². The largest absolute Gasteiger partial charge is 0.394 e. The van der Waals surface area contributed by atoms with Gasteiger partial charge in [0.25, 0.3) is 0 Å². The molecule has 2 bridgehead atoms. The maximum Gasteiger partial charge on any atom is 0.237 e. The Hall–Kier alpha value is -2.16. The Morgan fingerprint density at radius 1 is 0.875 bits per heavy atom. The van der Waals surface area contributed by atoms with Crippen LogP contribution in [0.4, 0.5) is 0 Å². The Balaban J connectivity index is 1.57. The van der Waals surface area contributed by atoms with Crippen molar-refractivity contribution in [2.75, 3.05) is 32.8 Å². The predicted octanol–water partition coefficient (Wildman–Crippen LogP) is 1.65. The van der Waals surface area contributed by atoms with Gasteiger partial charge in [0.05, 0.1) is 31.8 Å². The number of nitriles is 2. The second kappa shape index (κ2) is 9.77. The maximum atomic E-state index is 13.3. The molecule has 174 valence electrons. The molecule has 8 heteroatoms. The summed E-state index contributed by atoms with van der Waals surface area (Å²) in [7, 11) is 0. The zero-order valence-corrected chi connectivity index (χ0v) is 18.9. The van der Waals surface area contributed by atoms with Crippen molar-refractivity contribution in [3.8, 4) is 12.1 Å². The summed E-state index contributed by atoms with van der Waals surface area (Å²) in [5.41, 5.74) is -0.594. The minimum Gasteiger partial charge on any atom is -0.394 e. The lowest BCUT2D eigenvalue weighted by Gasteiger charge is -2.52. The molecule has 0 aromatic heterocycles. The van der Waals surface area contributed by atoms with Gasteiger partial charge in [-0.1, -0.05) is 19.3 Å². The van der Waals surface area contributed by atoms with Crippen LogP contribution in [0.2, 0.25) is 0 Å². The highest BCUT2D eigenvalue weighted by Gasteiger charge is 2.47. The first-order valence-electron chi connectivity index (χ1n) is 12.2. The number of aliphatic hydroxyl groups is 1. The summed E-state index contributed by atoms with van der Waals surface area (Å²) in [5, 5.41) is 29.5. The van der Waals surface area contributed by atoms with E-state index in [2.05, 4.69) is 12.1 Å². The van der Waals surface area contributed by atoms with E-state index < -0.39 is 17.6 Å². The Kier molecular flexibility index (Phi) is 7.02. The Labute approximate surface area is 190 Å². The number of carbonyl (C=O) groups excluding carboxylic acids is 2. The maximum absolute atomic E-state index is 13.3. The topological polar surface area (TPSA) is 112 Å². The standard InChI is InChI=1S/C24H35N5O3/c25-13-20-6-2-8-28(20)22(31)15-27(16-23(32)29-9-3-7-21(29)14-26)24(17-30)11-18-4-1-5-19(10-18)12-24/h18-21,30H,1-12,15-17H2/t18?,19?,20-,21-,24?/m0/s1. The SMILES string of the molecule is N#C[C@@H]1CCCN1C(=O)CN(CC(=O)N1CCC[C@H]1C#N)C1(CO)CC2CCCC(C2)C1. The molecule has 0 aromatic carbocycles. The van der Waals surface area contributed by atoms with Crippen LogP contribution < -0.4 is 0 Å². The molecule has 4 aliphatic rings. The van der Waals surface area contributed by atoms with E-state index in [-0.39, 0.29) is 31.5 Å². The lowest BCUT2D eigenvalue weighted by molar-refractivity contribution is -0.142. The predicted molar refractivity (Wildman–Crippen MR) is 117 cm³/mol. The summed E-state index contributed by atoms with van der Waals surface area (Å²) >= 11 is 0. The number of amides is 2. The number of aliphatic hydroxyl groups excluding tert-OH is 1. The minimum atomic E-state index is -0.594. The lowest BCUT2D eigenvalue weighted by Crippen LogP contribution is -2.61. The fourth-order valence-electron chi connectivity index (χ4n) is 6.72. The van der Waals surface area contributed by atoms with Crippen LogP contribution in [0.25, 0.3) is 0 Å². The second-order valence-corrected chi connectivity index (χ2v) is 10.3. The third-order valence-corrected chi connectivity index (χ3v) is 8.29. The van der Waals surface area contributed by atoms with Gasteiger partial charge in [0.2, 0.25) is 11.8 Å². The molecule has 2 saturated heterocycles. The van der Waals surface area contributed by atoms with Crippen LogP contribution in [0.5, 0.6) is 0 Å². The molecule has 0 aromatic rings. The van der Waals surface area contributed by atoms with Crippen molar-refractivity contribution in [3.05, 3.63) is 0 Å². The average molecular weight is 442 g/mol. The minimum absolute atomic E-state index is 0.0367. The molecule has 4 rings (SSSR count). The van der Waals surface area contributed by atoms with Crippen LogP contribution in [0.1, 0.15) is 64.2 Å². The van der Waals surface area contributed by atoms with Crippen molar-refractivity contribution in [3.63, 3.8) is 0 Å². The van der Waals surface area contributed by atoms with Crippen molar-refractivity contribution >= 4 is 11.8 Å². The lowest BCUT2D eigenvalue weighted by atomic mass is 9.64. The molecule has 1 N–H and O–H groups in total. The van der Waals surface area contributed by atoms with Crippen LogP contribution in [0, 0.1) is 34.5 Å². The normalized spacial score (nSPS) is 34.4. The van der Waals surface area contributed by atoms with Gasteiger partial charge >= 0.3 is 0 Å². The second-order valence-electron chi connectivity index (χ2n) is 10.3. The van der Waals surface area contributed by atoms with E-state index in [4.69, 9.17) is 0 Å². The smallest absolute Gasteiger partial charge is 0.237 e. The molecule has 0 radical (unpaired) electrons. The van der Waals surface area contributed by atoms with Gasteiger partial charge in [0.15, 0.2) is 0 Å². The molecule has 2 unspecified atom stereocenters. The van der Waals surface area contributed by atoms with E-state index in [1.165, 1.54) is 12.8 Å². The Bertz CT molecular complexity index is 744. The van der Waals surface area contributed by atoms with E-state index in [9.17, 15) is 25.2 Å². The summed E-state index contributed by atoms with van der Waals surface area (Å²) in [6.07, 6.45) is 9.26. The molecule has 8 nitrogen and oxygen atoms in total. The summed E-state index contributed by atoms with van der Waals surface area (Å²) in [4.78, 5) is 31.7. The van der Waals surface area contributed by atoms with Gasteiger partial charge in [0.1, 0.15) is 12.1 Å². The van der Waals surface area contributed by atoms with Gasteiger partial charge in [-0.25, -0.2) is 0 Å². The van der Waals surface area contributed by atoms with Gasteiger partial charge in [-0.15, -0.1) is 0 Å². The summed E-state index contributed by atoms with van der Waals surface area (Å²) in [6, 6.07) is 3.65. The highest BCUT2D eigenvalue weighted by molar-refractivity contribution is 5.82. The number of fused-ring (bicyclic) bond motifs is 2. The summed E-state index contributed by atoms with van der Waals surface area (Å²) in [6.45, 7) is 1.13. The molecular formula is C24H35N5O3. The fraction of sp³-hybridized carbons (Fsp3) is 0.833. The molecule has 2 saturated carbocycles. The molecule has 32 heavy (non-hydrogen) atoms. The number of nitrogens with zero attached hydrogens (tertiary/aromatic N) is 5. The van der Waals surface area contributed by atoms with Gasteiger partial charge in [0, 0.05) is 18.6 Å². The molecule has 2 amide bonds. The van der Waals surface area contributed by atoms with Crippen molar-refractivity contribution in [2.24, 2.45) is 11.8 Å². The Morgan fingerprint density at radius 3 is 1.81 bits per heavy atom. The van der Waals surface area contributed by atoms with Gasteiger partial charge < -0.3 is 14.9 Å². The molecule has 0 spiro atoms. The molecule has 4 fully saturated rings. The summed E-state index contributed by atoms with van der Waals surface area (Å²) < 4.78 is 0. The van der Waals surface area contributed by atoms with Crippen molar-refractivity contribution in [1.29, 1.82) is 10.5 Å². The van der Waals surface area contributed by atoms with E-state index in [0.717, 1.165) is 38.5 Å². The van der Waals surface area contributed by atoms with E-state index >= 15 is 0 Å². The zero-order chi connectivity index (χ0) is 22.7. The average Bonchev–Trinajstić information content (AvgIpc) is 3.47. The zero-order valence-electron chi connectivity index (χ0n) is 18.9. The molecule has 2 aliphatic carbocycles. The first kappa shape index (κ1) is 23.0. The van der Waals surface area contributed by atoms with E-state index in [0.29, 0.717) is 37.8 Å². The number of carbonyl (C=O) groups is 2. The molecule has 4 atom stereocenters. The third kappa shape index (κ3) is 4.49. The van der Waals surface area contributed by atoms with Crippen molar-refractivity contribution in [2.45, 2.75) is 81.8 Å². The number of hydrogen-bond donors (Lipinski definition) is 1. The number of likely N-dealkylation sites (tertiary alicyclic amines) is 2. The molecule has 2 aliphatic heterocycles. The summed E-state index contributed by atoms with van der Waals surface area (Å²) in [5.74, 6) is 0.756. The van der Waals surface area contributed by atoms with E-state index in [1.54, 1.807) is 9.80 Å². The number of rotatable bonds is 6. The quantitative estimate of drug-likeness (QED) is 0.671. The highest BCUT2D eigenvalue weighted by Crippen LogP contribution is 2.47. The monoisotopic (exact) mass is 441 g/mol. The highest BCUT2D eigenvalue weighted by atomic mass is 16.3. The first-order valence-corrected chi connectivity index (χ1v) is 12.2. The Morgan fingerprint density at radius 2 is 1.38 bits per heavy atom.